The Bertz CT molecular complexity index is 873. The highest BCUT2D eigenvalue weighted by Crippen LogP contribution is 2.35. The largest absolute Gasteiger partial charge is 0.457 e. The van der Waals surface area contributed by atoms with Crippen molar-refractivity contribution >= 4 is 51.9 Å². The number of rotatable bonds is 8. The van der Waals surface area contributed by atoms with E-state index in [4.69, 9.17) is 28.2 Å². The quantitative estimate of drug-likeness (QED) is 0.331. The van der Waals surface area contributed by atoms with E-state index >= 15 is 0 Å². The van der Waals surface area contributed by atoms with E-state index in [1.807, 2.05) is 36.4 Å². The molecular weight excluding hydrogens is 410 g/mol. The van der Waals surface area contributed by atoms with Crippen molar-refractivity contribution in [1.82, 2.24) is 4.90 Å². The number of hydrogen-bond donors (Lipinski definition) is 0. The van der Waals surface area contributed by atoms with Crippen molar-refractivity contribution in [3.63, 3.8) is 0 Å². The molecular formula is C22H24ClNO2S2. The first-order valence-electron chi connectivity index (χ1n) is 9.63. The molecule has 0 radical (unpaired) electrons. The SMILES string of the molecule is CCCCC(CC)CN1C(=O)/C(=C/c2ccc(-c3ccc(Cl)cc3)o2)SC1=S. The maximum Gasteiger partial charge on any atom is 0.266 e. The summed E-state index contributed by atoms with van der Waals surface area (Å²) in [6, 6.07) is 11.2. The molecule has 1 unspecified atom stereocenters. The first-order chi connectivity index (χ1) is 13.5. The van der Waals surface area contributed by atoms with Gasteiger partial charge < -0.3 is 4.42 Å². The minimum atomic E-state index is -0.0191. The van der Waals surface area contributed by atoms with Crippen molar-refractivity contribution in [2.75, 3.05) is 6.54 Å². The van der Waals surface area contributed by atoms with E-state index in [0.717, 1.165) is 24.2 Å². The Labute approximate surface area is 181 Å². The molecule has 1 atom stereocenters. The minimum Gasteiger partial charge on any atom is -0.457 e. The molecule has 0 N–H and O–H groups in total. The van der Waals surface area contributed by atoms with Crippen molar-refractivity contribution in [3.05, 3.63) is 52.1 Å². The van der Waals surface area contributed by atoms with E-state index in [2.05, 4.69) is 13.8 Å². The van der Waals surface area contributed by atoms with Crippen molar-refractivity contribution < 1.29 is 9.21 Å². The zero-order chi connectivity index (χ0) is 20.1. The van der Waals surface area contributed by atoms with Gasteiger partial charge in [-0.05, 0) is 48.7 Å². The number of benzene rings is 1. The molecule has 148 valence electrons. The van der Waals surface area contributed by atoms with Gasteiger partial charge in [-0.1, -0.05) is 68.7 Å². The lowest BCUT2D eigenvalue weighted by molar-refractivity contribution is -0.122. The maximum atomic E-state index is 12.9. The van der Waals surface area contributed by atoms with Crippen LogP contribution < -0.4 is 0 Å². The lowest BCUT2D eigenvalue weighted by atomic mass is 9.99. The van der Waals surface area contributed by atoms with E-state index in [1.165, 1.54) is 24.6 Å². The fourth-order valence-corrected chi connectivity index (χ4v) is 4.54. The summed E-state index contributed by atoms with van der Waals surface area (Å²) in [7, 11) is 0. The molecule has 3 rings (SSSR count). The number of carbonyl (C=O) groups is 1. The standard InChI is InChI=1S/C22H24ClNO2S2/c1-3-5-6-15(4-2)14-24-21(25)20(28-22(24)27)13-18-11-12-19(26-18)16-7-9-17(23)10-8-16/h7-13,15H,3-6,14H2,1-2H3/b20-13-. The summed E-state index contributed by atoms with van der Waals surface area (Å²) in [6.45, 7) is 5.07. The second-order valence-corrected chi connectivity index (χ2v) is 9.03. The number of nitrogens with zero attached hydrogens (tertiary/aromatic N) is 1. The Hall–Kier alpha value is -1.56. The molecule has 1 amide bonds. The summed E-state index contributed by atoms with van der Waals surface area (Å²) >= 11 is 12.8. The normalized spacial score (nSPS) is 17.0. The Kier molecular flexibility index (Phi) is 7.38. The molecule has 1 fully saturated rings. The molecule has 1 aromatic carbocycles. The first kappa shape index (κ1) is 21.2. The summed E-state index contributed by atoms with van der Waals surface area (Å²) < 4.78 is 6.53. The molecule has 0 spiro atoms. The number of halogens is 1. The van der Waals surface area contributed by atoms with Gasteiger partial charge in [-0.2, -0.15) is 0 Å². The Morgan fingerprint density at radius 2 is 1.96 bits per heavy atom. The number of thioether (sulfide) groups is 1. The smallest absolute Gasteiger partial charge is 0.266 e. The van der Waals surface area contributed by atoms with Gasteiger partial charge in [0.15, 0.2) is 0 Å². The highest BCUT2D eigenvalue weighted by atomic mass is 35.5. The van der Waals surface area contributed by atoms with Gasteiger partial charge in [-0.15, -0.1) is 0 Å². The molecule has 0 saturated carbocycles. The zero-order valence-electron chi connectivity index (χ0n) is 16.1. The number of hydrogen-bond acceptors (Lipinski definition) is 4. The van der Waals surface area contributed by atoms with Crippen LogP contribution in [0.25, 0.3) is 17.4 Å². The van der Waals surface area contributed by atoms with Crippen LogP contribution in [0.15, 0.2) is 45.7 Å². The highest BCUT2D eigenvalue weighted by molar-refractivity contribution is 8.26. The molecule has 2 heterocycles. The third kappa shape index (κ3) is 5.07. The molecule has 1 aliphatic rings. The Balaban J connectivity index is 1.72. The lowest BCUT2D eigenvalue weighted by Crippen LogP contribution is -2.33. The summed E-state index contributed by atoms with van der Waals surface area (Å²) in [4.78, 5) is 15.2. The number of carbonyl (C=O) groups excluding carboxylic acids is 1. The fourth-order valence-electron chi connectivity index (χ4n) is 3.16. The van der Waals surface area contributed by atoms with Gasteiger partial charge in [-0.25, -0.2) is 0 Å². The van der Waals surface area contributed by atoms with E-state index in [1.54, 1.807) is 11.0 Å². The minimum absolute atomic E-state index is 0.0191. The van der Waals surface area contributed by atoms with Crippen molar-refractivity contribution in [2.45, 2.75) is 39.5 Å². The van der Waals surface area contributed by atoms with Gasteiger partial charge in [0.2, 0.25) is 0 Å². The van der Waals surface area contributed by atoms with Crippen molar-refractivity contribution in [2.24, 2.45) is 5.92 Å². The monoisotopic (exact) mass is 433 g/mol. The topological polar surface area (TPSA) is 33.5 Å². The van der Waals surface area contributed by atoms with E-state index < -0.39 is 0 Å². The van der Waals surface area contributed by atoms with Crippen molar-refractivity contribution in [1.29, 1.82) is 0 Å². The molecule has 1 aliphatic heterocycles. The third-order valence-corrected chi connectivity index (χ3v) is 6.52. The molecule has 0 bridgehead atoms. The van der Waals surface area contributed by atoms with Gasteiger partial charge in [-0.3, -0.25) is 9.69 Å². The van der Waals surface area contributed by atoms with Gasteiger partial charge in [0.1, 0.15) is 15.8 Å². The lowest BCUT2D eigenvalue weighted by Gasteiger charge is -2.21. The van der Waals surface area contributed by atoms with Crippen LogP contribution in [0.3, 0.4) is 0 Å². The molecule has 1 saturated heterocycles. The predicted molar refractivity (Wildman–Crippen MR) is 122 cm³/mol. The average molecular weight is 434 g/mol. The molecule has 6 heteroatoms. The Morgan fingerprint density at radius 1 is 1.21 bits per heavy atom. The van der Waals surface area contributed by atoms with Crippen LogP contribution in [0.1, 0.15) is 45.3 Å². The van der Waals surface area contributed by atoms with Crippen LogP contribution in [0.5, 0.6) is 0 Å². The van der Waals surface area contributed by atoms with Gasteiger partial charge in [0, 0.05) is 23.2 Å². The Morgan fingerprint density at radius 3 is 2.64 bits per heavy atom. The van der Waals surface area contributed by atoms with Crippen molar-refractivity contribution in [3.8, 4) is 11.3 Å². The number of amides is 1. The van der Waals surface area contributed by atoms with Crippen LogP contribution in [-0.2, 0) is 4.79 Å². The van der Waals surface area contributed by atoms with Crippen LogP contribution in [0.4, 0.5) is 0 Å². The summed E-state index contributed by atoms with van der Waals surface area (Å²) in [5, 5.41) is 0.684. The third-order valence-electron chi connectivity index (χ3n) is 4.89. The number of unbranched alkanes of at least 4 members (excludes halogenated alkanes) is 1. The van der Waals surface area contributed by atoms with Crippen LogP contribution in [0, 0.1) is 5.92 Å². The van der Waals surface area contributed by atoms with E-state index in [9.17, 15) is 4.79 Å². The fraction of sp³-hybridized carbons (Fsp3) is 0.364. The molecule has 28 heavy (non-hydrogen) atoms. The molecule has 2 aromatic rings. The maximum absolute atomic E-state index is 12.9. The van der Waals surface area contributed by atoms with Crippen LogP contribution >= 0.6 is 35.6 Å². The summed E-state index contributed by atoms with van der Waals surface area (Å²) in [5.41, 5.74) is 0.943. The predicted octanol–water partition coefficient (Wildman–Crippen LogP) is 7.02. The molecule has 3 nitrogen and oxygen atoms in total. The number of furan rings is 1. The van der Waals surface area contributed by atoms with E-state index in [0.29, 0.717) is 32.5 Å². The average Bonchev–Trinajstić information content (AvgIpc) is 3.25. The summed E-state index contributed by atoms with van der Waals surface area (Å²) in [6.07, 6.45) is 6.32. The number of thiocarbonyl (C=S) groups is 1. The van der Waals surface area contributed by atoms with Gasteiger partial charge in [0.05, 0.1) is 4.91 Å². The highest BCUT2D eigenvalue weighted by Gasteiger charge is 2.33. The van der Waals surface area contributed by atoms with E-state index in [-0.39, 0.29) is 5.91 Å². The first-order valence-corrected chi connectivity index (χ1v) is 11.2. The van der Waals surface area contributed by atoms with Crippen LogP contribution in [-0.4, -0.2) is 21.7 Å². The second kappa shape index (κ2) is 9.77. The van der Waals surface area contributed by atoms with Gasteiger partial charge in [0.25, 0.3) is 5.91 Å². The second-order valence-electron chi connectivity index (χ2n) is 6.92. The molecule has 0 aliphatic carbocycles. The summed E-state index contributed by atoms with van der Waals surface area (Å²) in [5.74, 6) is 1.85. The molecule has 1 aromatic heterocycles. The van der Waals surface area contributed by atoms with Gasteiger partial charge >= 0.3 is 0 Å². The zero-order valence-corrected chi connectivity index (χ0v) is 18.5. The van der Waals surface area contributed by atoms with Crippen LogP contribution in [0.2, 0.25) is 5.02 Å².